The van der Waals surface area contributed by atoms with Gasteiger partial charge in [0.15, 0.2) is 5.43 Å². The molecule has 0 fully saturated rings. The van der Waals surface area contributed by atoms with Crippen molar-refractivity contribution in [2.24, 2.45) is 0 Å². The Balaban J connectivity index is 1.45. The fourth-order valence-corrected chi connectivity index (χ4v) is 4.32. The lowest BCUT2D eigenvalue weighted by Crippen LogP contribution is -2.21. The zero-order valence-electron chi connectivity index (χ0n) is 17.0. The number of para-hydroxylation sites is 2. The van der Waals surface area contributed by atoms with Gasteiger partial charge in [0.2, 0.25) is 5.91 Å². The first-order valence-electron chi connectivity index (χ1n) is 10.1. The average Bonchev–Trinajstić information content (AvgIpc) is 3.34. The van der Waals surface area contributed by atoms with Gasteiger partial charge in [-0.1, -0.05) is 48.2 Å². The van der Waals surface area contributed by atoms with Crippen molar-refractivity contribution in [3.05, 3.63) is 111 Å². The number of nitrogens with one attached hydrogen (secondary N) is 1. The van der Waals surface area contributed by atoms with Crippen LogP contribution in [0.15, 0.2) is 95.1 Å². The van der Waals surface area contributed by atoms with Crippen molar-refractivity contribution in [2.45, 2.75) is 6.54 Å². The van der Waals surface area contributed by atoms with Gasteiger partial charge in [-0.15, -0.1) is 11.3 Å². The van der Waals surface area contributed by atoms with Crippen LogP contribution in [-0.2, 0) is 11.3 Å². The van der Waals surface area contributed by atoms with Crippen LogP contribution in [0.2, 0.25) is 0 Å². The summed E-state index contributed by atoms with van der Waals surface area (Å²) in [4.78, 5) is 26.8. The third-order valence-electron chi connectivity index (χ3n) is 5.18. The summed E-state index contributed by atoms with van der Waals surface area (Å²) in [5.74, 6) is 6.09. The van der Waals surface area contributed by atoms with Gasteiger partial charge in [-0.25, -0.2) is 0 Å². The second-order valence-electron chi connectivity index (χ2n) is 7.31. The van der Waals surface area contributed by atoms with Gasteiger partial charge in [-0.3, -0.25) is 9.59 Å². The number of anilines is 1. The Labute approximate surface area is 188 Å². The highest BCUT2D eigenvalue weighted by Gasteiger charge is 2.13. The molecular weight excluding hydrogens is 416 g/mol. The number of amides is 1. The number of fused-ring (bicyclic) bond motifs is 2. The van der Waals surface area contributed by atoms with Gasteiger partial charge in [-0.2, -0.15) is 0 Å². The molecule has 3 aromatic carbocycles. The number of rotatable bonds is 3. The predicted molar refractivity (Wildman–Crippen MR) is 131 cm³/mol. The van der Waals surface area contributed by atoms with Crippen LogP contribution in [0.4, 0.5) is 5.69 Å². The monoisotopic (exact) mass is 434 g/mol. The zero-order valence-corrected chi connectivity index (χ0v) is 17.9. The smallest absolute Gasteiger partial charge is 0.244 e. The molecule has 0 saturated carbocycles. The van der Waals surface area contributed by atoms with Crippen LogP contribution in [0, 0.1) is 11.8 Å². The Kier molecular flexibility index (Phi) is 5.29. The zero-order chi connectivity index (χ0) is 21.9. The molecule has 0 radical (unpaired) electrons. The molecule has 4 nitrogen and oxygen atoms in total. The number of carbonyl (C=O) groups excluding carboxylic acids is 1. The lowest BCUT2D eigenvalue weighted by molar-refractivity contribution is -0.116. The molecule has 0 aliphatic rings. The van der Waals surface area contributed by atoms with Crippen LogP contribution < -0.4 is 10.7 Å². The second kappa shape index (κ2) is 8.54. The maximum absolute atomic E-state index is 13.0. The van der Waals surface area contributed by atoms with Gasteiger partial charge < -0.3 is 9.88 Å². The topological polar surface area (TPSA) is 51.1 Å². The van der Waals surface area contributed by atoms with E-state index in [9.17, 15) is 9.59 Å². The summed E-state index contributed by atoms with van der Waals surface area (Å²) in [7, 11) is 0. The van der Waals surface area contributed by atoms with Gasteiger partial charge in [0.05, 0.1) is 15.9 Å². The predicted octanol–water partition coefficient (Wildman–Crippen LogP) is 5.25. The summed E-state index contributed by atoms with van der Waals surface area (Å²) in [5.41, 5.74) is 2.96. The molecule has 2 aromatic heterocycles. The SMILES string of the molecule is O=C(Cn1c2ccccc2c(=O)c2ccccc21)Nc1cccc(C#Cc2cccs2)c1. The van der Waals surface area contributed by atoms with E-state index < -0.39 is 0 Å². The van der Waals surface area contributed by atoms with Crippen LogP contribution in [0.1, 0.15) is 10.4 Å². The molecule has 5 rings (SSSR count). The van der Waals surface area contributed by atoms with Crippen molar-refractivity contribution in [2.75, 3.05) is 5.32 Å². The Morgan fingerprint density at radius 1 is 0.844 bits per heavy atom. The van der Waals surface area contributed by atoms with Crippen molar-refractivity contribution >= 4 is 44.7 Å². The standard InChI is InChI=1S/C27H18N2O2S/c30-26(28-20-8-5-7-19(17-20)14-15-21-9-6-16-32-21)18-29-24-12-3-1-10-22(24)27(31)23-11-2-4-13-25(23)29/h1-13,16-17H,18H2,(H,28,30). The molecule has 5 heteroatoms. The number of thiophene rings is 1. The molecular formula is C27H18N2O2S. The maximum atomic E-state index is 13.0. The number of aromatic nitrogens is 1. The first-order valence-corrected chi connectivity index (χ1v) is 11.0. The molecule has 5 aromatic rings. The first kappa shape index (κ1) is 19.8. The highest BCUT2D eigenvalue weighted by Crippen LogP contribution is 2.19. The Morgan fingerprint density at radius 2 is 1.56 bits per heavy atom. The van der Waals surface area contributed by atoms with E-state index in [1.807, 2.05) is 82.7 Å². The summed E-state index contributed by atoms with van der Waals surface area (Å²) in [5, 5.41) is 6.16. The van der Waals surface area contributed by atoms with Crippen molar-refractivity contribution in [1.29, 1.82) is 0 Å². The molecule has 0 spiro atoms. The third-order valence-corrected chi connectivity index (χ3v) is 5.96. The minimum atomic E-state index is -0.174. The molecule has 32 heavy (non-hydrogen) atoms. The molecule has 0 saturated heterocycles. The molecule has 1 amide bonds. The first-order chi connectivity index (χ1) is 15.7. The summed E-state index contributed by atoms with van der Waals surface area (Å²) >= 11 is 1.59. The number of nitrogens with zero attached hydrogens (tertiary/aromatic N) is 1. The van der Waals surface area contributed by atoms with Crippen LogP contribution in [-0.4, -0.2) is 10.5 Å². The van der Waals surface area contributed by atoms with E-state index in [-0.39, 0.29) is 17.9 Å². The van der Waals surface area contributed by atoms with Crippen LogP contribution >= 0.6 is 11.3 Å². The second-order valence-corrected chi connectivity index (χ2v) is 8.25. The van der Waals surface area contributed by atoms with E-state index in [0.717, 1.165) is 21.5 Å². The third kappa shape index (κ3) is 3.92. The Bertz CT molecular complexity index is 1510. The molecule has 0 aliphatic carbocycles. The van der Waals surface area contributed by atoms with E-state index in [1.54, 1.807) is 23.5 Å². The number of hydrogen-bond donors (Lipinski definition) is 1. The van der Waals surface area contributed by atoms with E-state index in [1.165, 1.54) is 0 Å². The summed E-state index contributed by atoms with van der Waals surface area (Å²) in [6.45, 7) is 0.0897. The molecule has 0 aliphatic heterocycles. The maximum Gasteiger partial charge on any atom is 0.244 e. The van der Waals surface area contributed by atoms with E-state index >= 15 is 0 Å². The van der Waals surface area contributed by atoms with Gasteiger partial charge in [0.25, 0.3) is 0 Å². The van der Waals surface area contributed by atoms with Gasteiger partial charge in [0.1, 0.15) is 6.54 Å². The van der Waals surface area contributed by atoms with Crippen molar-refractivity contribution in [3.63, 3.8) is 0 Å². The van der Waals surface area contributed by atoms with E-state index in [4.69, 9.17) is 0 Å². The van der Waals surface area contributed by atoms with Gasteiger partial charge >= 0.3 is 0 Å². The van der Waals surface area contributed by atoms with Crippen LogP contribution in [0.25, 0.3) is 21.8 Å². The number of hydrogen-bond acceptors (Lipinski definition) is 3. The fraction of sp³-hybridized carbons (Fsp3) is 0.0370. The minimum Gasteiger partial charge on any atom is -0.331 e. The highest BCUT2D eigenvalue weighted by atomic mass is 32.1. The molecule has 2 heterocycles. The average molecular weight is 435 g/mol. The highest BCUT2D eigenvalue weighted by molar-refractivity contribution is 7.10. The molecule has 1 N–H and O–H groups in total. The molecule has 0 atom stereocenters. The Hall–Kier alpha value is -4.14. The Morgan fingerprint density at radius 3 is 2.25 bits per heavy atom. The van der Waals surface area contributed by atoms with Gasteiger partial charge in [-0.05, 0) is 53.9 Å². The van der Waals surface area contributed by atoms with E-state index in [0.29, 0.717) is 16.5 Å². The number of pyridine rings is 1. The quantitative estimate of drug-likeness (QED) is 0.311. The normalized spacial score (nSPS) is 10.6. The number of benzene rings is 3. The molecule has 0 unspecified atom stereocenters. The van der Waals surface area contributed by atoms with Crippen molar-refractivity contribution in [1.82, 2.24) is 4.57 Å². The summed E-state index contributed by atoms with van der Waals surface area (Å²) < 4.78 is 1.89. The number of carbonyl (C=O) groups is 1. The fourth-order valence-electron chi connectivity index (χ4n) is 3.75. The van der Waals surface area contributed by atoms with Crippen molar-refractivity contribution in [3.8, 4) is 11.8 Å². The van der Waals surface area contributed by atoms with Crippen molar-refractivity contribution < 1.29 is 4.79 Å². The van der Waals surface area contributed by atoms with Crippen LogP contribution in [0.5, 0.6) is 0 Å². The van der Waals surface area contributed by atoms with Crippen LogP contribution in [0.3, 0.4) is 0 Å². The largest absolute Gasteiger partial charge is 0.331 e. The molecule has 0 bridgehead atoms. The lowest BCUT2D eigenvalue weighted by atomic mass is 10.1. The van der Waals surface area contributed by atoms with Gasteiger partial charge in [0, 0.05) is 22.0 Å². The summed E-state index contributed by atoms with van der Waals surface area (Å²) in [6, 6.07) is 26.2. The lowest BCUT2D eigenvalue weighted by Gasteiger charge is -2.15. The van der Waals surface area contributed by atoms with E-state index in [2.05, 4.69) is 17.2 Å². The molecule has 154 valence electrons. The minimum absolute atomic E-state index is 0.0233. The summed E-state index contributed by atoms with van der Waals surface area (Å²) in [6.07, 6.45) is 0.